The largest absolute Gasteiger partial charge is 0.481 e. The van der Waals surface area contributed by atoms with E-state index in [-0.39, 0.29) is 25.2 Å². The van der Waals surface area contributed by atoms with E-state index in [4.69, 9.17) is 5.11 Å². The summed E-state index contributed by atoms with van der Waals surface area (Å²) in [5.41, 5.74) is -1.24. The lowest BCUT2D eigenvalue weighted by Gasteiger charge is -2.17. The van der Waals surface area contributed by atoms with Gasteiger partial charge >= 0.3 is 12.1 Å². The minimum absolute atomic E-state index is 0.129. The van der Waals surface area contributed by atoms with E-state index >= 15 is 0 Å². The number of carboxylic acid groups (broad SMARTS) is 1. The number of carbonyl (C=O) groups is 2. The Kier molecular flexibility index (Phi) is 5.71. The number of halogens is 3. The number of likely N-dealkylation sites (N-methyl/N-ethyl adjacent to an activating group) is 1. The molecule has 2 N–H and O–H groups in total. The number of alkyl halides is 3. The molecule has 0 saturated heterocycles. The SMILES string of the molecule is CN(CCC(=O)O)CC(=O)Nc1ccccc1C(F)(F)F. The molecule has 0 atom stereocenters. The van der Waals surface area contributed by atoms with E-state index in [1.165, 1.54) is 24.1 Å². The molecular formula is C13H15F3N2O3. The van der Waals surface area contributed by atoms with Crippen LogP contribution in [0.25, 0.3) is 0 Å². The molecule has 0 saturated carbocycles. The van der Waals surface area contributed by atoms with Crippen molar-refractivity contribution in [2.75, 3.05) is 25.5 Å². The third-order valence-corrected chi connectivity index (χ3v) is 2.63. The molecule has 8 heteroatoms. The molecule has 21 heavy (non-hydrogen) atoms. The molecule has 1 rings (SSSR count). The van der Waals surface area contributed by atoms with Crippen LogP contribution in [-0.4, -0.2) is 42.0 Å². The van der Waals surface area contributed by atoms with Gasteiger partial charge in [-0.25, -0.2) is 0 Å². The second-order valence-corrected chi connectivity index (χ2v) is 4.47. The number of aliphatic carboxylic acids is 1. The van der Waals surface area contributed by atoms with Crippen LogP contribution in [0, 0.1) is 0 Å². The van der Waals surface area contributed by atoms with Crippen LogP contribution in [0.1, 0.15) is 12.0 Å². The molecule has 0 aliphatic carbocycles. The van der Waals surface area contributed by atoms with Gasteiger partial charge in [-0.15, -0.1) is 0 Å². The van der Waals surface area contributed by atoms with E-state index in [1.54, 1.807) is 0 Å². The van der Waals surface area contributed by atoms with Gasteiger partial charge in [0.15, 0.2) is 0 Å². The number of benzene rings is 1. The Morgan fingerprint density at radius 3 is 2.48 bits per heavy atom. The summed E-state index contributed by atoms with van der Waals surface area (Å²) in [4.78, 5) is 23.5. The number of carbonyl (C=O) groups excluding carboxylic acids is 1. The van der Waals surface area contributed by atoms with Gasteiger partial charge in [-0.3, -0.25) is 14.5 Å². The lowest BCUT2D eigenvalue weighted by molar-refractivity contribution is -0.138. The Morgan fingerprint density at radius 2 is 1.90 bits per heavy atom. The molecule has 1 aromatic rings. The molecule has 116 valence electrons. The molecule has 0 spiro atoms. The first kappa shape index (κ1) is 17.0. The summed E-state index contributed by atoms with van der Waals surface area (Å²) in [6.45, 7) is -0.0663. The maximum atomic E-state index is 12.7. The van der Waals surface area contributed by atoms with Crippen LogP contribution in [0.15, 0.2) is 24.3 Å². The van der Waals surface area contributed by atoms with Crippen molar-refractivity contribution < 1.29 is 27.9 Å². The Bertz CT molecular complexity index is 518. The highest BCUT2D eigenvalue weighted by Gasteiger charge is 2.33. The quantitative estimate of drug-likeness (QED) is 0.844. The first-order valence-corrected chi connectivity index (χ1v) is 6.06. The number of nitrogens with one attached hydrogen (secondary N) is 1. The van der Waals surface area contributed by atoms with Crippen molar-refractivity contribution in [1.29, 1.82) is 0 Å². The monoisotopic (exact) mass is 304 g/mol. The van der Waals surface area contributed by atoms with Crippen molar-refractivity contribution in [3.63, 3.8) is 0 Å². The fourth-order valence-electron chi connectivity index (χ4n) is 1.64. The summed E-state index contributed by atoms with van der Waals surface area (Å²) in [5, 5.41) is 10.7. The number of amides is 1. The number of rotatable bonds is 6. The van der Waals surface area contributed by atoms with Gasteiger partial charge in [0, 0.05) is 6.54 Å². The first-order valence-electron chi connectivity index (χ1n) is 6.06. The van der Waals surface area contributed by atoms with Crippen LogP contribution >= 0.6 is 0 Å². The van der Waals surface area contributed by atoms with Crippen molar-refractivity contribution in [2.24, 2.45) is 0 Å². The van der Waals surface area contributed by atoms with E-state index in [1.807, 2.05) is 0 Å². The van der Waals surface area contributed by atoms with Crippen LogP contribution in [0.4, 0.5) is 18.9 Å². The van der Waals surface area contributed by atoms with E-state index in [2.05, 4.69) is 5.32 Å². The molecule has 1 amide bonds. The molecule has 0 aliphatic heterocycles. The van der Waals surface area contributed by atoms with Crippen LogP contribution in [0.2, 0.25) is 0 Å². The molecule has 5 nitrogen and oxygen atoms in total. The van der Waals surface area contributed by atoms with Gasteiger partial charge in [0.05, 0.1) is 24.2 Å². The van der Waals surface area contributed by atoms with E-state index in [0.717, 1.165) is 12.1 Å². The highest BCUT2D eigenvalue weighted by atomic mass is 19.4. The molecular weight excluding hydrogens is 289 g/mol. The zero-order valence-corrected chi connectivity index (χ0v) is 11.3. The summed E-state index contributed by atoms with van der Waals surface area (Å²) < 4.78 is 38.2. The third-order valence-electron chi connectivity index (χ3n) is 2.63. The van der Waals surface area contributed by atoms with Crippen molar-refractivity contribution in [2.45, 2.75) is 12.6 Å². The Balaban J connectivity index is 2.65. The maximum Gasteiger partial charge on any atom is 0.418 e. The van der Waals surface area contributed by atoms with Crippen molar-refractivity contribution in [3.05, 3.63) is 29.8 Å². The maximum absolute atomic E-state index is 12.7. The average Bonchev–Trinajstić information content (AvgIpc) is 2.35. The number of hydrogen-bond donors (Lipinski definition) is 2. The fourth-order valence-corrected chi connectivity index (χ4v) is 1.64. The van der Waals surface area contributed by atoms with E-state index < -0.39 is 23.6 Å². The van der Waals surface area contributed by atoms with Gasteiger partial charge in [-0.2, -0.15) is 13.2 Å². The minimum Gasteiger partial charge on any atom is -0.481 e. The predicted molar refractivity (Wildman–Crippen MR) is 69.8 cm³/mol. The van der Waals surface area contributed by atoms with Gasteiger partial charge in [0.2, 0.25) is 5.91 Å². The van der Waals surface area contributed by atoms with Gasteiger partial charge in [0.25, 0.3) is 0 Å². The van der Waals surface area contributed by atoms with Crippen molar-refractivity contribution >= 4 is 17.6 Å². The summed E-state index contributed by atoms with van der Waals surface area (Å²) >= 11 is 0. The topological polar surface area (TPSA) is 69.6 Å². The van der Waals surface area contributed by atoms with Gasteiger partial charge in [0.1, 0.15) is 0 Å². The molecule has 1 aromatic carbocycles. The van der Waals surface area contributed by atoms with Gasteiger partial charge in [-0.1, -0.05) is 12.1 Å². The van der Waals surface area contributed by atoms with Crippen LogP contribution in [0.5, 0.6) is 0 Å². The average molecular weight is 304 g/mol. The number of anilines is 1. The predicted octanol–water partition coefficient (Wildman–Crippen LogP) is 2.05. The second kappa shape index (κ2) is 7.07. The lowest BCUT2D eigenvalue weighted by atomic mass is 10.1. The highest BCUT2D eigenvalue weighted by Crippen LogP contribution is 2.34. The molecule has 0 fully saturated rings. The Morgan fingerprint density at radius 1 is 1.29 bits per heavy atom. The van der Waals surface area contributed by atoms with E-state index in [0.29, 0.717) is 0 Å². The summed E-state index contributed by atoms with van der Waals surface area (Å²) in [5.74, 6) is -1.65. The van der Waals surface area contributed by atoms with Crippen molar-refractivity contribution in [3.8, 4) is 0 Å². The van der Waals surface area contributed by atoms with Crippen molar-refractivity contribution in [1.82, 2.24) is 4.90 Å². The van der Waals surface area contributed by atoms with Crippen LogP contribution in [-0.2, 0) is 15.8 Å². The Hall–Kier alpha value is -2.09. The second-order valence-electron chi connectivity index (χ2n) is 4.47. The van der Waals surface area contributed by atoms with Gasteiger partial charge < -0.3 is 10.4 Å². The summed E-state index contributed by atoms with van der Waals surface area (Å²) in [6, 6.07) is 4.66. The number of nitrogens with zero attached hydrogens (tertiary/aromatic N) is 1. The number of hydrogen-bond acceptors (Lipinski definition) is 3. The molecule has 0 radical (unpaired) electrons. The summed E-state index contributed by atoms with van der Waals surface area (Å²) in [7, 11) is 1.51. The minimum atomic E-state index is -4.56. The van der Waals surface area contributed by atoms with Crippen LogP contribution < -0.4 is 5.32 Å². The van der Waals surface area contributed by atoms with Gasteiger partial charge in [-0.05, 0) is 19.2 Å². The fraction of sp³-hybridized carbons (Fsp3) is 0.385. The van der Waals surface area contributed by atoms with Crippen LogP contribution in [0.3, 0.4) is 0 Å². The number of para-hydroxylation sites is 1. The number of carboxylic acids is 1. The molecule has 0 aromatic heterocycles. The standard InChI is InChI=1S/C13H15F3N2O3/c1-18(7-6-12(20)21)8-11(19)17-10-5-3-2-4-9(10)13(14,15)16/h2-5H,6-8H2,1H3,(H,17,19)(H,20,21). The zero-order chi connectivity index (χ0) is 16.0. The molecule has 0 unspecified atom stereocenters. The first-order chi connectivity index (χ1) is 9.70. The third kappa shape index (κ3) is 5.82. The molecule has 0 aliphatic rings. The Labute approximate surface area is 119 Å². The molecule has 0 bridgehead atoms. The highest BCUT2D eigenvalue weighted by molar-refractivity contribution is 5.93. The molecule has 0 heterocycles. The zero-order valence-electron chi connectivity index (χ0n) is 11.3. The van der Waals surface area contributed by atoms with E-state index in [9.17, 15) is 22.8 Å². The normalized spacial score (nSPS) is 11.5. The lowest BCUT2D eigenvalue weighted by Crippen LogP contribution is -2.32. The summed E-state index contributed by atoms with van der Waals surface area (Å²) in [6.07, 6.45) is -4.71. The smallest absolute Gasteiger partial charge is 0.418 e.